The number of nitrogens with zero attached hydrogens (tertiary/aromatic N) is 3. The number of anilines is 2. The van der Waals surface area contributed by atoms with E-state index in [0.29, 0.717) is 53.0 Å². The Hall–Kier alpha value is -3.09. The minimum atomic E-state index is -0.223. The number of amides is 2. The van der Waals surface area contributed by atoms with Crippen LogP contribution >= 0.6 is 23.2 Å². The van der Waals surface area contributed by atoms with Crippen molar-refractivity contribution >= 4 is 46.5 Å². The molecular formula is C23H20Cl2N4O2. The van der Waals surface area contributed by atoms with Crippen molar-refractivity contribution in [2.24, 2.45) is 0 Å². The SMILES string of the molecule is O=C(Nc1ccc(N2CCN(C(=O)c3cccc(Cl)c3)CC2)nc1)c1ccc(Cl)cc1. The first-order valence-electron chi connectivity index (χ1n) is 9.82. The highest BCUT2D eigenvalue weighted by molar-refractivity contribution is 6.31. The van der Waals surface area contributed by atoms with Crippen molar-refractivity contribution in [3.8, 4) is 0 Å². The molecule has 0 unspecified atom stereocenters. The van der Waals surface area contributed by atoms with Gasteiger partial charge in [0.05, 0.1) is 11.9 Å². The molecule has 0 atom stereocenters. The number of hydrogen-bond donors (Lipinski definition) is 1. The Balaban J connectivity index is 1.33. The first kappa shape index (κ1) is 21.2. The van der Waals surface area contributed by atoms with Crippen molar-refractivity contribution in [2.45, 2.75) is 0 Å². The number of nitrogens with one attached hydrogen (secondary N) is 1. The molecule has 2 amide bonds. The van der Waals surface area contributed by atoms with E-state index in [2.05, 4.69) is 15.2 Å². The normalized spacial score (nSPS) is 13.7. The molecule has 31 heavy (non-hydrogen) atoms. The van der Waals surface area contributed by atoms with Crippen LogP contribution in [0.3, 0.4) is 0 Å². The Morgan fingerprint density at radius 2 is 1.58 bits per heavy atom. The highest BCUT2D eigenvalue weighted by Crippen LogP contribution is 2.19. The van der Waals surface area contributed by atoms with Crippen molar-refractivity contribution in [2.75, 3.05) is 36.4 Å². The van der Waals surface area contributed by atoms with Crippen LogP contribution in [0.25, 0.3) is 0 Å². The lowest BCUT2D eigenvalue weighted by Gasteiger charge is -2.35. The van der Waals surface area contributed by atoms with E-state index in [-0.39, 0.29) is 11.8 Å². The molecule has 0 aliphatic carbocycles. The number of piperazine rings is 1. The lowest BCUT2D eigenvalue weighted by molar-refractivity contribution is 0.0746. The van der Waals surface area contributed by atoms with E-state index in [1.165, 1.54) is 0 Å². The molecule has 4 rings (SSSR count). The van der Waals surface area contributed by atoms with Crippen molar-refractivity contribution in [1.29, 1.82) is 0 Å². The highest BCUT2D eigenvalue weighted by atomic mass is 35.5. The summed E-state index contributed by atoms with van der Waals surface area (Å²) in [7, 11) is 0. The molecule has 3 aromatic rings. The molecule has 1 saturated heterocycles. The van der Waals surface area contributed by atoms with Crippen LogP contribution in [-0.2, 0) is 0 Å². The third kappa shape index (κ3) is 5.16. The fraction of sp³-hybridized carbons (Fsp3) is 0.174. The fourth-order valence-corrected chi connectivity index (χ4v) is 3.71. The van der Waals surface area contributed by atoms with Crippen LogP contribution < -0.4 is 10.2 Å². The molecule has 0 saturated carbocycles. The van der Waals surface area contributed by atoms with E-state index in [1.807, 2.05) is 17.0 Å². The van der Waals surface area contributed by atoms with Gasteiger partial charge in [0.2, 0.25) is 0 Å². The maximum absolute atomic E-state index is 12.7. The molecule has 0 radical (unpaired) electrons. The molecule has 8 heteroatoms. The maximum Gasteiger partial charge on any atom is 0.255 e. The van der Waals surface area contributed by atoms with E-state index < -0.39 is 0 Å². The Labute approximate surface area is 190 Å². The molecule has 2 heterocycles. The zero-order valence-electron chi connectivity index (χ0n) is 16.6. The van der Waals surface area contributed by atoms with Gasteiger partial charge in [-0.2, -0.15) is 0 Å². The quantitative estimate of drug-likeness (QED) is 0.625. The summed E-state index contributed by atoms with van der Waals surface area (Å²) >= 11 is 11.9. The summed E-state index contributed by atoms with van der Waals surface area (Å²) in [5.74, 6) is 0.564. The summed E-state index contributed by atoms with van der Waals surface area (Å²) < 4.78 is 0. The molecule has 6 nitrogen and oxygen atoms in total. The van der Waals surface area contributed by atoms with Crippen LogP contribution in [0.2, 0.25) is 10.0 Å². The zero-order chi connectivity index (χ0) is 21.8. The number of pyridine rings is 1. The molecular weight excluding hydrogens is 435 g/mol. The number of benzene rings is 2. The van der Waals surface area contributed by atoms with E-state index in [9.17, 15) is 9.59 Å². The van der Waals surface area contributed by atoms with Gasteiger partial charge in [0, 0.05) is 47.4 Å². The first-order valence-corrected chi connectivity index (χ1v) is 10.6. The van der Waals surface area contributed by atoms with Gasteiger partial charge >= 0.3 is 0 Å². The summed E-state index contributed by atoms with van der Waals surface area (Å²) in [5, 5.41) is 3.96. The Morgan fingerprint density at radius 1 is 0.839 bits per heavy atom. The van der Waals surface area contributed by atoms with Gasteiger partial charge in [0.15, 0.2) is 0 Å². The van der Waals surface area contributed by atoms with Crippen LogP contribution in [-0.4, -0.2) is 47.9 Å². The Bertz CT molecular complexity index is 1080. The molecule has 1 aliphatic heterocycles. The van der Waals surface area contributed by atoms with Crippen LogP contribution in [0.1, 0.15) is 20.7 Å². The van der Waals surface area contributed by atoms with E-state index >= 15 is 0 Å². The molecule has 1 fully saturated rings. The lowest BCUT2D eigenvalue weighted by atomic mass is 10.2. The van der Waals surface area contributed by atoms with Gasteiger partial charge in [0.25, 0.3) is 11.8 Å². The molecule has 1 aromatic heterocycles. The zero-order valence-corrected chi connectivity index (χ0v) is 18.1. The van der Waals surface area contributed by atoms with Gasteiger partial charge in [-0.15, -0.1) is 0 Å². The van der Waals surface area contributed by atoms with Gasteiger partial charge < -0.3 is 15.1 Å². The van der Waals surface area contributed by atoms with Crippen molar-refractivity contribution < 1.29 is 9.59 Å². The summed E-state index contributed by atoms with van der Waals surface area (Å²) in [6.45, 7) is 2.55. The molecule has 1 N–H and O–H groups in total. The van der Waals surface area contributed by atoms with Crippen molar-refractivity contribution in [3.63, 3.8) is 0 Å². The van der Waals surface area contributed by atoms with Gasteiger partial charge in [-0.1, -0.05) is 29.3 Å². The Kier molecular flexibility index (Phi) is 6.39. The van der Waals surface area contributed by atoms with Crippen LogP contribution in [0.4, 0.5) is 11.5 Å². The third-order valence-corrected chi connectivity index (χ3v) is 5.56. The van der Waals surface area contributed by atoms with Crippen LogP contribution in [0, 0.1) is 0 Å². The highest BCUT2D eigenvalue weighted by Gasteiger charge is 2.23. The molecule has 1 aliphatic rings. The topological polar surface area (TPSA) is 65.5 Å². The average molecular weight is 455 g/mol. The van der Waals surface area contributed by atoms with Crippen LogP contribution in [0.15, 0.2) is 66.9 Å². The number of carbonyl (C=O) groups is 2. The van der Waals surface area contributed by atoms with Gasteiger partial charge in [-0.05, 0) is 54.6 Å². The third-order valence-electron chi connectivity index (χ3n) is 5.07. The number of aromatic nitrogens is 1. The molecule has 0 spiro atoms. The minimum Gasteiger partial charge on any atom is -0.353 e. The minimum absolute atomic E-state index is 0.0182. The van der Waals surface area contributed by atoms with Gasteiger partial charge in [0.1, 0.15) is 5.82 Å². The first-order chi connectivity index (χ1) is 15.0. The smallest absolute Gasteiger partial charge is 0.255 e. The summed E-state index contributed by atoms with van der Waals surface area (Å²) in [6.07, 6.45) is 1.63. The number of rotatable bonds is 4. The van der Waals surface area contributed by atoms with Gasteiger partial charge in [-0.25, -0.2) is 4.98 Å². The monoisotopic (exact) mass is 454 g/mol. The summed E-state index contributed by atoms with van der Waals surface area (Å²) in [6, 6.07) is 17.4. The second-order valence-corrected chi connectivity index (χ2v) is 8.03. The Morgan fingerprint density at radius 3 is 2.23 bits per heavy atom. The number of carbonyl (C=O) groups excluding carboxylic acids is 2. The predicted octanol–water partition coefficient (Wildman–Crippen LogP) is 4.60. The maximum atomic E-state index is 12.7. The number of halogens is 2. The predicted molar refractivity (Wildman–Crippen MR) is 123 cm³/mol. The second-order valence-electron chi connectivity index (χ2n) is 7.16. The molecule has 2 aromatic carbocycles. The van der Waals surface area contributed by atoms with Crippen LogP contribution in [0.5, 0.6) is 0 Å². The van der Waals surface area contributed by atoms with E-state index in [4.69, 9.17) is 23.2 Å². The van der Waals surface area contributed by atoms with Crippen molar-refractivity contribution in [1.82, 2.24) is 9.88 Å². The second kappa shape index (κ2) is 9.37. The molecule has 0 bridgehead atoms. The largest absolute Gasteiger partial charge is 0.353 e. The summed E-state index contributed by atoms with van der Waals surface area (Å²) in [5.41, 5.74) is 1.73. The fourth-order valence-electron chi connectivity index (χ4n) is 3.39. The van der Waals surface area contributed by atoms with E-state index in [1.54, 1.807) is 54.7 Å². The molecule has 158 valence electrons. The van der Waals surface area contributed by atoms with E-state index in [0.717, 1.165) is 5.82 Å². The number of hydrogen-bond acceptors (Lipinski definition) is 4. The lowest BCUT2D eigenvalue weighted by Crippen LogP contribution is -2.49. The summed E-state index contributed by atoms with van der Waals surface area (Å²) in [4.78, 5) is 33.4. The average Bonchev–Trinajstić information content (AvgIpc) is 2.80. The van der Waals surface area contributed by atoms with Gasteiger partial charge in [-0.3, -0.25) is 9.59 Å². The van der Waals surface area contributed by atoms with Crippen molar-refractivity contribution in [3.05, 3.63) is 88.0 Å². The standard InChI is InChI=1S/C23H20Cl2N4O2/c24-18-6-4-16(5-7-18)22(30)27-20-8-9-21(26-15-20)28-10-12-29(13-11-28)23(31)17-2-1-3-19(25)14-17/h1-9,14-15H,10-13H2,(H,27,30).